The van der Waals surface area contributed by atoms with E-state index in [-0.39, 0.29) is 18.3 Å². The van der Waals surface area contributed by atoms with E-state index in [0.717, 1.165) is 5.56 Å². The van der Waals surface area contributed by atoms with Crippen LogP contribution in [0, 0.1) is 9.39 Å². The maximum atomic E-state index is 12.9. The molecule has 0 saturated carbocycles. The van der Waals surface area contributed by atoms with E-state index < -0.39 is 6.10 Å². The van der Waals surface area contributed by atoms with Crippen molar-refractivity contribution in [2.75, 3.05) is 6.54 Å². The molecule has 6 heteroatoms. The molecular formula is C13H11FINO2S. The first kappa shape index (κ1) is 14.4. The molecule has 0 bridgehead atoms. The van der Waals surface area contributed by atoms with Gasteiger partial charge in [0.25, 0.3) is 5.91 Å². The topological polar surface area (TPSA) is 49.3 Å². The summed E-state index contributed by atoms with van der Waals surface area (Å²) in [5.74, 6) is -0.696. The number of thiophene rings is 1. The van der Waals surface area contributed by atoms with Gasteiger partial charge in [0.2, 0.25) is 0 Å². The summed E-state index contributed by atoms with van der Waals surface area (Å²) in [5.41, 5.74) is 1.18. The number of carbonyl (C=O) groups excluding carboxylic acids is 1. The molecule has 1 aromatic heterocycles. The molecule has 0 spiro atoms. The van der Waals surface area contributed by atoms with Crippen molar-refractivity contribution in [3.8, 4) is 0 Å². The average molecular weight is 391 g/mol. The SMILES string of the molecule is O=C(NCC(O)c1ccsc1)c1ccc(F)cc1I. The summed E-state index contributed by atoms with van der Waals surface area (Å²) in [4.78, 5) is 11.9. The highest BCUT2D eigenvalue weighted by Gasteiger charge is 2.13. The molecule has 3 nitrogen and oxygen atoms in total. The van der Waals surface area contributed by atoms with Crippen molar-refractivity contribution in [1.29, 1.82) is 0 Å². The molecule has 19 heavy (non-hydrogen) atoms. The molecule has 0 radical (unpaired) electrons. The molecule has 100 valence electrons. The van der Waals surface area contributed by atoms with Gasteiger partial charge in [0.15, 0.2) is 0 Å². The first-order chi connectivity index (χ1) is 9.08. The summed E-state index contributed by atoms with van der Waals surface area (Å²) in [6.45, 7) is 0.128. The molecule has 1 amide bonds. The lowest BCUT2D eigenvalue weighted by atomic mass is 10.2. The number of rotatable bonds is 4. The molecule has 0 saturated heterocycles. The molecule has 2 rings (SSSR count). The summed E-state index contributed by atoms with van der Waals surface area (Å²) >= 11 is 3.39. The monoisotopic (exact) mass is 391 g/mol. The van der Waals surface area contributed by atoms with Crippen molar-refractivity contribution in [1.82, 2.24) is 5.32 Å². The van der Waals surface area contributed by atoms with Crippen LogP contribution in [0.5, 0.6) is 0 Å². The Morgan fingerprint density at radius 2 is 2.26 bits per heavy atom. The molecule has 1 atom stereocenters. The summed E-state index contributed by atoms with van der Waals surface area (Å²) in [6, 6.07) is 5.78. The van der Waals surface area contributed by atoms with E-state index in [2.05, 4.69) is 5.32 Å². The van der Waals surface area contributed by atoms with E-state index in [1.165, 1.54) is 29.5 Å². The minimum atomic E-state index is -0.728. The summed E-state index contributed by atoms with van der Waals surface area (Å²) in [5, 5.41) is 16.2. The van der Waals surface area contributed by atoms with Gasteiger partial charge in [-0.3, -0.25) is 4.79 Å². The van der Waals surface area contributed by atoms with Crippen molar-refractivity contribution in [3.63, 3.8) is 0 Å². The first-order valence-corrected chi connectivity index (χ1v) is 7.53. The van der Waals surface area contributed by atoms with Crippen molar-refractivity contribution in [2.24, 2.45) is 0 Å². The number of aliphatic hydroxyl groups excluding tert-OH is 1. The fourth-order valence-corrected chi connectivity index (χ4v) is 2.97. The third-order valence-electron chi connectivity index (χ3n) is 2.56. The molecule has 1 aromatic carbocycles. The average Bonchev–Trinajstić information content (AvgIpc) is 2.89. The van der Waals surface area contributed by atoms with Crippen molar-refractivity contribution < 1.29 is 14.3 Å². The molecular weight excluding hydrogens is 380 g/mol. The van der Waals surface area contributed by atoms with Gasteiger partial charge in [-0.25, -0.2) is 4.39 Å². The standard InChI is InChI=1S/C13H11FINO2S/c14-9-1-2-10(11(15)5-9)13(18)16-6-12(17)8-3-4-19-7-8/h1-5,7,12,17H,6H2,(H,16,18). The van der Waals surface area contributed by atoms with Gasteiger partial charge in [0.1, 0.15) is 5.82 Å². The summed E-state index contributed by atoms with van der Waals surface area (Å²) in [7, 11) is 0. The van der Waals surface area contributed by atoms with Crippen molar-refractivity contribution in [3.05, 3.63) is 55.5 Å². The third kappa shape index (κ3) is 3.74. The van der Waals surface area contributed by atoms with Gasteiger partial charge in [-0.1, -0.05) is 0 Å². The second kappa shape index (κ2) is 6.44. The van der Waals surface area contributed by atoms with Gasteiger partial charge in [-0.15, -0.1) is 0 Å². The molecule has 0 fully saturated rings. The number of benzene rings is 1. The molecule has 2 aromatic rings. The summed E-state index contributed by atoms with van der Waals surface area (Å²) < 4.78 is 13.5. The quantitative estimate of drug-likeness (QED) is 0.788. The van der Waals surface area contributed by atoms with E-state index >= 15 is 0 Å². The normalized spacial score (nSPS) is 12.2. The van der Waals surface area contributed by atoms with Crippen LogP contribution in [0.4, 0.5) is 4.39 Å². The highest BCUT2D eigenvalue weighted by atomic mass is 127. The third-order valence-corrected chi connectivity index (χ3v) is 4.15. The minimum absolute atomic E-state index is 0.128. The maximum Gasteiger partial charge on any atom is 0.252 e. The van der Waals surface area contributed by atoms with Crippen LogP contribution in [0.25, 0.3) is 0 Å². The van der Waals surface area contributed by atoms with Gasteiger partial charge in [0, 0.05) is 10.1 Å². The van der Waals surface area contributed by atoms with Crippen LogP contribution < -0.4 is 5.32 Å². The minimum Gasteiger partial charge on any atom is -0.387 e. The maximum absolute atomic E-state index is 12.9. The number of amides is 1. The Kier molecular flexibility index (Phi) is 4.89. The van der Waals surface area contributed by atoms with Crippen LogP contribution in [0.3, 0.4) is 0 Å². The summed E-state index contributed by atoms with van der Waals surface area (Å²) in [6.07, 6.45) is -0.728. The lowest BCUT2D eigenvalue weighted by molar-refractivity contribution is 0.0915. The van der Waals surface area contributed by atoms with Crippen LogP contribution in [-0.2, 0) is 0 Å². The molecule has 0 aliphatic rings. The van der Waals surface area contributed by atoms with Gasteiger partial charge in [-0.2, -0.15) is 11.3 Å². The van der Waals surface area contributed by atoms with E-state index in [1.807, 2.05) is 39.4 Å². The highest BCUT2D eigenvalue weighted by molar-refractivity contribution is 14.1. The Morgan fingerprint density at radius 1 is 1.47 bits per heavy atom. The Morgan fingerprint density at radius 3 is 2.89 bits per heavy atom. The lowest BCUT2D eigenvalue weighted by Crippen LogP contribution is -2.28. The Hall–Kier alpha value is -0.990. The highest BCUT2D eigenvalue weighted by Crippen LogP contribution is 2.16. The number of halogens is 2. The second-order valence-electron chi connectivity index (χ2n) is 3.91. The van der Waals surface area contributed by atoms with Crippen molar-refractivity contribution in [2.45, 2.75) is 6.10 Å². The Balaban J connectivity index is 1.98. The number of hydrogen-bond donors (Lipinski definition) is 2. The number of hydrogen-bond acceptors (Lipinski definition) is 3. The first-order valence-electron chi connectivity index (χ1n) is 5.51. The second-order valence-corrected chi connectivity index (χ2v) is 5.85. The van der Waals surface area contributed by atoms with E-state index in [4.69, 9.17) is 0 Å². The largest absolute Gasteiger partial charge is 0.387 e. The zero-order valence-corrected chi connectivity index (χ0v) is 12.7. The van der Waals surface area contributed by atoms with Gasteiger partial charge in [0.05, 0.1) is 11.7 Å². The van der Waals surface area contributed by atoms with Crippen LogP contribution in [0.1, 0.15) is 22.0 Å². The molecule has 1 unspecified atom stereocenters. The fraction of sp³-hybridized carbons (Fsp3) is 0.154. The van der Waals surface area contributed by atoms with Crippen LogP contribution in [0.15, 0.2) is 35.0 Å². The molecule has 0 aliphatic heterocycles. The lowest BCUT2D eigenvalue weighted by Gasteiger charge is -2.11. The Labute approximate surface area is 127 Å². The van der Waals surface area contributed by atoms with E-state index in [1.54, 1.807) is 0 Å². The molecule has 2 N–H and O–H groups in total. The van der Waals surface area contributed by atoms with Gasteiger partial charge in [-0.05, 0) is 63.2 Å². The predicted molar refractivity (Wildman–Crippen MR) is 80.7 cm³/mol. The zero-order valence-electron chi connectivity index (χ0n) is 9.77. The van der Waals surface area contributed by atoms with Crippen LogP contribution in [-0.4, -0.2) is 17.6 Å². The van der Waals surface area contributed by atoms with E-state index in [0.29, 0.717) is 9.13 Å². The molecule has 0 aliphatic carbocycles. The predicted octanol–water partition coefficient (Wildman–Crippen LogP) is 2.96. The Bertz CT molecular complexity index is 574. The van der Waals surface area contributed by atoms with Crippen LogP contribution in [0.2, 0.25) is 0 Å². The van der Waals surface area contributed by atoms with Gasteiger partial charge < -0.3 is 10.4 Å². The number of nitrogens with one attached hydrogen (secondary N) is 1. The van der Waals surface area contributed by atoms with Crippen LogP contribution >= 0.6 is 33.9 Å². The van der Waals surface area contributed by atoms with E-state index in [9.17, 15) is 14.3 Å². The van der Waals surface area contributed by atoms with Crippen molar-refractivity contribution >= 4 is 39.8 Å². The number of aliphatic hydroxyl groups is 1. The number of carbonyl (C=O) groups is 1. The van der Waals surface area contributed by atoms with Gasteiger partial charge >= 0.3 is 0 Å². The molecule has 1 heterocycles. The fourth-order valence-electron chi connectivity index (χ4n) is 1.54. The zero-order chi connectivity index (χ0) is 13.8. The smallest absolute Gasteiger partial charge is 0.252 e.